The van der Waals surface area contributed by atoms with Gasteiger partial charge in [0, 0.05) is 30.1 Å². The summed E-state index contributed by atoms with van der Waals surface area (Å²) in [6, 6.07) is 13.0. The molecule has 3 aromatic rings. The molecular formula is C19H20N4O2. The molecule has 0 fully saturated rings. The Morgan fingerprint density at radius 3 is 2.60 bits per heavy atom. The van der Waals surface area contributed by atoms with Crippen LogP contribution in [0.3, 0.4) is 0 Å². The maximum absolute atomic E-state index is 12.2. The Morgan fingerprint density at radius 1 is 1.16 bits per heavy atom. The SMILES string of the molecule is Cc1nn(Cc2ccccc2)c(C)c1CNC(=O)c1ccc(=O)[nH]c1. The van der Waals surface area contributed by atoms with Crippen molar-refractivity contribution in [2.45, 2.75) is 26.9 Å². The summed E-state index contributed by atoms with van der Waals surface area (Å²) in [4.78, 5) is 25.8. The molecule has 1 amide bonds. The molecule has 2 N–H and O–H groups in total. The van der Waals surface area contributed by atoms with Gasteiger partial charge in [-0.15, -0.1) is 0 Å². The van der Waals surface area contributed by atoms with Gasteiger partial charge >= 0.3 is 0 Å². The molecule has 0 aliphatic rings. The number of nitrogens with zero attached hydrogens (tertiary/aromatic N) is 2. The zero-order chi connectivity index (χ0) is 17.8. The third-order valence-corrected chi connectivity index (χ3v) is 4.18. The Labute approximate surface area is 145 Å². The van der Waals surface area contributed by atoms with Gasteiger partial charge in [0.2, 0.25) is 5.56 Å². The molecule has 0 saturated heterocycles. The van der Waals surface area contributed by atoms with Gasteiger partial charge in [-0.3, -0.25) is 14.3 Å². The summed E-state index contributed by atoms with van der Waals surface area (Å²) in [7, 11) is 0. The van der Waals surface area contributed by atoms with Crippen molar-refractivity contribution < 1.29 is 4.79 Å². The lowest BCUT2D eigenvalue weighted by atomic mass is 10.2. The van der Waals surface area contributed by atoms with Crippen molar-refractivity contribution in [1.82, 2.24) is 20.1 Å². The van der Waals surface area contributed by atoms with Crippen LogP contribution in [0.4, 0.5) is 0 Å². The van der Waals surface area contributed by atoms with E-state index in [0.29, 0.717) is 18.7 Å². The Morgan fingerprint density at radius 2 is 1.92 bits per heavy atom. The number of aromatic nitrogens is 3. The van der Waals surface area contributed by atoms with Gasteiger partial charge in [0.1, 0.15) is 0 Å². The second-order valence-electron chi connectivity index (χ2n) is 5.92. The molecule has 0 saturated carbocycles. The molecule has 0 radical (unpaired) electrons. The average molecular weight is 336 g/mol. The molecule has 0 unspecified atom stereocenters. The van der Waals surface area contributed by atoms with Crippen LogP contribution in [-0.4, -0.2) is 20.7 Å². The van der Waals surface area contributed by atoms with E-state index in [4.69, 9.17) is 0 Å². The number of aromatic amines is 1. The number of carbonyl (C=O) groups excluding carboxylic acids is 1. The predicted octanol–water partition coefficient (Wildman–Crippen LogP) is 2.17. The molecule has 25 heavy (non-hydrogen) atoms. The van der Waals surface area contributed by atoms with Crippen molar-refractivity contribution in [3.63, 3.8) is 0 Å². The molecule has 0 spiro atoms. The number of carbonyl (C=O) groups is 1. The molecule has 0 aliphatic heterocycles. The monoisotopic (exact) mass is 336 g/mol. The fourth-order valence-corrected chi connectivity index (χ4v) is 2.72. The van der Waals surface area contributed by atoms with E-state index in [0.717, 1.165) is 17.0 Å². The summed E-state index contributed by atoms with van der Waals surface area (Å²) < 4.78 is 1.95. The van der Waals surface area contributed by atoms with Gasteiger partial charge in [-0.25, -0.2) is 0 Å². The van der Waals surface area contributed by atoms with Gasteiger partial charge < -0.3 is 10.3 Å². The van der Waals surface area contributed by atoms with E-state index in [1.165, 1.54) is 23.9 Å². The lowest BCUT2D eigenvalue weighted by Crippen LogP contribution is -2.24. The first-order valence-corrected chi connectivity index (χ1v) is 8.08. The minimum absolute atomic E-state index is 0.231. The summed E-state index contributed by atoms with van der Waals surface area (Å²) in [5, 5.41) is 7.46. The first-order chi connectivity index (χ1) is 12.0. The highest BCUT2D eigenvalue weighted by Crippen LogP contribution is 2.15. The van der Waals surface area contributed by atoms with Crippen molar-refractivity contribution in [3.8, 4) is 0 Å². The van der Waals surface area contributed by atoms with Crippen LogP contribution in [0.2, 0.25) is 0 Å². The van der Waals surface area contributed by atoms with E-state index >= 15 is 0 Å². The molecule has 6 heteroatoms. The molecule has 0 aliphatic carbocycles. The normalized spacial score (nSPS) is 10.6. The van der Waals surface area contributed by atoms with Crippen LogP contribution in [0.15, 0.2) is 53.5 Å². The van der Waals surface area contributed by atoms with E-state index in [1.54, 1.807) is 0 Å². The van der Waals surface area contributed by atoms with Crippen LogP contribution in [0.1, 0.15) is 32.9 Å². The zero-order valence-corrected chi connectivity index (χ0v) is 14.2. The number of rotatable bonds is 5. The smallest absolute Gasteiger partial charge is 0.253 e. The number of benzene rings is 1. The molecule has 2 heterocycles. The lowest BCUT2D eigenvalue weighted by Gasteiger charge is -2.07. The largest absolute Gasteiger partial charge is 0.348 e. The Hall–Kier alpha value is -3.15. The van der Waals surface area contributed by atoms with Crippen LogP contribution in [0.25, 0.3) is 0 Å². The maximum Gasteiger partial charge on any atom is 0.253 e. The Bertz CT molecular complexity index is 921. The number of H-pyrrole nitrogens is 1. The van der Waals surface area contributed by atoms with Gasteiger partial charge in [0.05, 0.1) is 17.8 Å². The van der Waals surface area contributed by atoms with Crippen LogP contribution in [0, 0.1) is 13.8 Å². The second kappa shape index (κ2) is 7.17. The summed E-state index contributed by atoms with van der Waals surface area (Å²) in [5.41, 5.74) is 4.31. The highest BCUT2D eigenvalue weighted by Gasteiger charge is 2.13. The standard InChI is InChI=1S/C19H20N4O2/c1-13-17(11-21-19(25)16-8-9-18(24)20-10-16)14(2)23(22-13)12-15-6-4-3-5-7-15/h3-10H,11-12H2,1-2H3,(H,20,24)(H,21,25). The first-order valence-electron chi connectivity index (χ1n) is 8.08. The van der Waals surface area contributed by atoms with E-state index < -0.39 is 0 Å². The zero-order valence-electron chi connectivity index (χ0n) is 14.2. The topological polar surface area (TPSA) is 79.8 Å². The maximum atomic E-state index is 12.2. The van der Waals surface area contributed by atoms with Crippen LogP contribution < -0.4 is 10.9 Å². The van der Waals surface area contributed by atoms with Crippen molar-refractivity contribution in [2.75, 3.05) is 0 Å². The van der Waals surface area contributed by atoms with Gasteiger partial charge in [-0.1, -0.05) is 30.3 Å². The summed E-state index contributed by atoms with van der Waals surface area (Å²) in [6.45, 7) is 5.03. The Kier molecular flexibility index (Phi) is 4.79. The number of nitrogens with one attached hydrogen (secondary N) is 2. The van der Waals surface area contributed by atoms with Crippen molar-refractivity contribution in [1.29, 1.82) is 0 Å². The van der Waals surface area contributed by atoms with E-state index in [2.05, 4.69) is 27.5 Å². The third kappa shape index (κ3) is 3.85. The number of aryl methyl sites for hydroxylation is 1. The van der Waals surface area contributed by atoms with E-state index in [-0.39, 0.29) is 11.5 Å². The van der Waals surface area contributed by atoms with Gasteiger partial charge in [0.25, 0.3) is 5.91 Å². The Balaban J connectivity index is 1.71. The minimum Gasteiger partial charge on any atom is -0.348 e. The molecule has 1 aromatic carbocycles. The fourth-order valence-electron chi connectivity index (χ4n) is 2.72. The number of pyridine rings is 1. The first kappa shape index (κ1) is 16.7. The van der Waals surface area contributed by atoms with E-state index in [9.17, 15) is 9.59 Å². The highest BCUT2D eigenvalue weighted by molar-refractivity contribution is 5.93. The predicted molar refractivity (Wildman–Crippen MR) is 95.5 cm³/mol. The third-order valence-electron chi connectivity index (χ3n) is 4.18. The fraction of sp³-hybridized carbons (Fsp3) is 0.211. The summed E-state index contributed by atoms with van der Waals surface area (Å²) in [6.07, 6.45) is 1.41. The van der Waals surface area contributed by atoms with Gasteiger partial charge in [0.15, 0.2) is 0 Å². The van der Waals surface area contributed by atoms with Gasteiger partial charge in [-0.05, 0) is 25.5 Å². The molecule has 0 bridgehead atoms. The van der Waals surface area contributed by atoms with Crippen molar-refractivity contribution in [2.24, 2.45) is 0 Å². The number of amides is 1. The van der Waals surface area contributed by atoms with Crippen LogP contribution in [-0.2, 0) is 13.1 Å². The van der Waals surface area contributed by atoms with E-state index in [1.807, 2.05) is 36.7 Å². The minimum atomic E-state index is -0.231. The average Bonchev–Trinajstić information content (AvgIpc) is 2.88. The molecule has 3 rings (SSSR count). The van der Waals surface area contributed by atoms with Crippen molar-refractivity contribution in [3.05, 3.63) is 87.1 Å². The second-order valence-corrected chi connectivity index (χ2v) is 5.92. The number of hydrogen-bond donors (Lipinski definition) is 2. The molecule has 6 nitrogen and oxygen atoms in total. The quantitative estimate of drug-likeness (QED) is 0.749. The van der Waals surface area contributed by atoms with Crippen LogP contribution >= 0.6 is 0 Å². The van der Waals surface area contributed by atoms with Crippen molar-refractivity contribution >= 4 is 5.91 Å². The molecule has 128 valence electrons. The molecule has 2 aromatic heterocycles. The summed E-state index contributed by atoms with van der Waals surface area (Å²) >= 11 is 0. The molecule has 0 atom stereocenters. The number of hydrogen-bond acceptors (Lipinski definition) is 3. The highest BCUT2D eigenvalue weighted by atomic mass is 16.1. The van der Waals surface area contributed by atoms with Gasteiger partial charge in [-0.2, -0.15) is 5.10 Å². The summed E-state index contributed by atoms with van der Waals surface area (Å²) in [5.74, 6) is -0.231. The van der Waals surface area contributed by atoms with Crippen LogP contribution in [0.5, 0.6) is 0 Å². The lowest BCUT2D eigenvalue weighted by molar-refractivity contribution is 0.0950. The molecular weight excluding hydrogens is 316 g/mol.